The summed E-state index contributed by atoms with van der Waals surface area (Å²) in [5, 5.41) is 0. The Morgan fingerprint density at radius 3 is 0.886 bits per heavy atom. The van der Waals surface area contributed by atoms with Crippen molar-refractivity contribution in [2.75, 3.05) is 13.1 Å². The molecule has 0 aliphatic heterocycles. The fraction of sp³-hybridized carbons (Fsp3) is 0.720. The topological polar surface area (TPSA) is 112 Å². The van der Waals surface area contributed by atoms with Crippen LogP contribution in [0.15, 0.2) is 17.9 Å². The Hall–Kier alpha value is -3.00. The molecule has 0 spiro atoms. The number of imide groups is 2. The summed E-state index contributed by atoms with van der Waals surface area (Å²) in [7, 11) is 0. The Kier molecular flexibility index (Phi) is 11.1. The molecule has 0 N–H and O–H groups in total. The third-order valence-electron chi connectivity index (χ3n) is 3.24. The second-order valence-corrected chi connectivity index (χ2v) is 11.7. The number of nitrogens with zero attached hydrogens (tertiary/aromatic N) is 2. The van der Waals surface area contributed by atoms with Gasteiger partial charge < -0.3 is 18.9 Å². The zero-order valence-electron chi connectivity index (χ0n) is 23.2. The van der Waals surface area contributed by atoms with Crippen molar-refractivity contribution < 1.29 is 38.1 Å². The summed E-state index contributed by atoms with van der Waals surface area (Å²) in [5.74, 6) is 0. The Bertz CT molecular complexity index is 707. The van der Waals surface area contributed by atoms with Crippen LogP contribution < -0.4 is 0 Å². The zero-order valence-corrected chi connectivity index (χ0v) is 23.2. The van der Waals surface area contributed by atoms with Crippen LogP contribution >= 0.6 is 0 Å². The van der Waals surface area contributed by atoms with E-state index in [1.165, 1.54) is 12.2 Å². The maximum Gasteiger partial charge on any atom is 0.420 e. The number of rotatable bonds is 4. The molecule has 35 heavy (non-hydrogen) atoms. The maximum absolute atomic E-state index is 12.5. The minimum absolute atomic E-state index is 0.209. The number of hydrogen-bond donors (Lipinski definition) is 0. The van der Waals surface area contributed by atoms with Gasteiger partial charge in [0, 0.05) is 0 Å². The fourth-order valence-electron chi connectivity index (χ4n) is 2.09. The van der Waals surface area contributed by atoms with Gasteiger partial charge in [0.25, 0.3) is 0 Å². The van der Waals surface area contributed by atoms with Gasteiger partial charge >= 0.3 is 24.4 Å². The van der Waals surface area contributed by atoms with E-state index in [2.05, 4.69) is 5.73 Å². The molecule has 10 heteroatoms. The smallest absolute Gasteiger partial charge is 0.420 e. The van der Waals surface area contributed by atoms with Crippen LogP contribution in [0.4, 0.5) is 19.2 Å². The van der Waals surface area contributed by atoms with E-state index in [1.807, 2.05) is 0 Å². The molecule has 0 aromatic rings. The molecule has 0 heterocycles. The van der Waals surface area contributed by atoms with E-state index in [4.69, 9.17) is 18.9 Å². The highest BCUT2D eigenvalue weighted by Gasteiger charge is 2.31. The molecule has 200 valence electrons. The van der Waals surface area contributed by atoms with Crippen LogP contribution in [0.2, 0.25) is 0 Å². The van der Waals surface area contributed by atoms with E-state index in [0.29, 0.717) is 0 Å². The van der Waals surface area contributed by atoms with Crippen molar-refractivity contribution in [2.45, 2.75) is 105 Å². The number of hydrogen-bond acceptors (Lipinski definition) is 8. The van der Waals surface area contributed by atoms with E-state index in [1.54, 1.807) is 83.1 Å². The van der Waals surface area contributed by atoms with Gasteiger partial charge in [-0.1, -0.05) is 0 Å². The third-order valence-corrected chi connectivity index (χ3v) is 3.24. The molecule has 0 aliphatic rings. The van der Waals surface area contributed by atoms with Crippen molar-refractivity contribution in [3.05, 3.63) is 17.9 Å². The van der Waals surface area contributed by atoms with Crippen molar-refractivity contribution in [1.82, 2.24) is 9.80 Å². The number of ether oxygens (including phenoxy) is 4. The minimum Gasteiger partial charge on any atom is -0.443 e. The summed E-state index contributed by atoms with van der Waals surface area (Å²) in [6.07, 6.45) is -0.780. The highest BCUT2D eigenvalue weighted by Crippen LogP contribution is 2.16. The molecule has 0 atom stereocenters. The summed E-state index contributed by atoms with van der Waals surface area (Å²) >= 11 is 0. The van der Waals surface area contributed by atoms with Crippen LogP contribution in [-0.4, -0.2) is 69.7 Å². The molecule has 0 radical (unpaired) electrons. The lowest BCUT2D eigenvalue weighted by Gasteiger charge is -2.28. The summed E-state index contributed by atoms with van der Waals surface area (Å²) in [6, 6.07) is 0. The monoisotopic (exact) mass is 498 g/mol. The first kappa shape index (κ1) is 32.0. The predicted molar refractivity (Wildman–Crippen MR) is 131 cm³/mol. The summed E-state index contributed by atoms with van der Waals surface area (Å²) in [4.78, 5) is 51.6. The van der Waals surface area contributed by atoms with Crippen molar-refractivity contribution in [3.8, 4) is 0 Å². The number of carbonyl (C=O) groups is 4. The molecule has 4 amide bonds. The molecule has 0 saturated heterocycles. The zero-order chi connectivity index (χ0) is 27.8. The average Bonchev–Trinajstić information content (AvgIpc) is 2.54. The van der Waals surface area contributed by atoms with Gasteiger partial charge in [-0.3, -0.25) is 0 Å². The quantitative estimate of drug-likeness (QED) is 0.340. The van der Waals surface area contributed by atoms with Crippen LogP contribution in [0.5, 0.6) is 0 Å². The number of carbonyl (C=O) groups excluding carboxylic acids is 4. The summed E-state index contributed by atoms with van der Waals surface area (Å²) < 4.78 is 21.1. The van der Waals surface area contributed by atoms with Crippen molar-refractivity contribution >= 4 is 24.4 Å². The highest BCUT2D eigenvalue weighted by atomic mass is 16.6. The van der Waals surface area contributed by atoms with Crippen LogP contribution in [0.25, 0.3) is 0 Å². The van der Waals surface area contributed by atoms with Gasteiger partial charge in [-0.15, -0.1) is 5.73 Å². The maximum atomic E-state index is 12.5. The second-order valence-electron chi connectivity index (χ2n) is 11.7. The molecular weight excluding hydrogens is 456 g/mol. The SMILES string of the molecule is CC(C)(C)OC(=O)N(CC=C=CCN(C(=O)OC(C)(C)C)C(=O)OC(C)(C)C)C(=O)OC(C)(C)C. The van der Waals surface area contributed by atoms with Crippen LogP contribution in [0.1, 0.15) is 83.1 Å². The lowest BCUT2D eigenvalue weighted by Crippen LogP contribution is -2.43. The molecule has 10 nitrogen and oxygen atoms in total. The van der Waals surface area contributed by atoms with E-state index in [-0.39, 0.29) is 13.1 Å². The molecule has 0 bridgehead atoms. The first-order valence-corrected chi connectivity index (χ1v) is 11.4. The van der Waals surface area contributed by atoms with Crippen molar-refractivity contribution in [3.63, 3.8) is 0 Å². The molecular formula is C25H42N2O8. The lowest BCUT2D eigenvalue weighted by atomic mass is 10.2. The normalized spacial score (nSPS) is 12.0. The van der Waals surface area contributed by atoms with Gasteiger partial charge in [0.15, 0.2) is 0 Å². The van der Waals surface area contributed by atoms with Crippen LogP contribution in [-0.2, 0) is 18.9 Å². The molecule has 0 rings (SSSR count). The van der Waals surface area contributed by atoms with Gasteiger partial charge in [0.1, 0.15) is 22.4 Å². The third kappa shape index (κ3) is 15.5. The molecule has 0 aromatic heterocycles. The number of amides is 4. The van der Waals surface area contributed by atoms with Crippen molar-refractivity contribution in [1.29, 1.82) is 0 Å². The largest absolute Gasteiger partial charge is 0.443 e. The molecule has 0 fully saturated rings. The highest BCUT2D eigenvalue weighted by molar-refractivity contribution is 5.89. The summed E-state index contributed by atoms with van der Waals surface area (Å²) in [6.45, 7) is 19.7. The van der Waals surface area contributed by atoms with Crippen LogP contribution in [0.3, 0.4) is 0 Å². The average molecular weight is 499 g/mol. The Balaban J connectivity index is 5.64. The molecule has 0 aromatic carbocycles. The van der Waals surface area contributed by atoms with Gasteiger partial charge in [0.2, 0.25) is 0 Å². The first-order chi connectivity index (χ1) is 15.5. The van der Waals surface area contributed by atoms with E-state index in [9.17, 15) is 19.2 Å². The summed E-state index contributed by atoms with van der Waals surface area (Å²) in [5.41, 5.74) is -0.532. The van der Waals surface area contributed by atoms with Gasteiger partial charge in [-0.05, 0) is 95.2 Å². The molecule has 0 unspecified atom stereocenters. The first-order valence-electron chi connectivity index (χ1n) is 11.4. The van der Waals surface area contributed by atoms with E-state index < -0.39 is 46.8 Å². The fourth-order valence-corrected chi connectivity index (χ4v) is 2.09. The standard InChI is InChI=1S/C25H42N2O8/c1-22(2,3)32-18(28)26(19(29)33-23(4,5)6)16-14-13-15-17-27(20(30)34-24(7,8)9)21(31)35-25(10,11)12/h14-15H,16-17H2,1-12H3. The van der Waals surface area contributed by atoms with Crippen molar-refractivity contribution in [2.24, 2.45) is 0 Å². The Morgan fingerprint density at radius 1 is 0.514 bits per heavy atom. The lowest BCUT2D eigenvalue weighted by molar-refractivity contribution is 0.00173. The van der Waals surface area contributed by atoms with Gasteiger partial charge in [0.05, 0.1) is 13.1 Å². The van der Waals surface area contributed by atoms with Gasteiger partial charge in [-0.25, -0.2) is 29.0 Å². The Labute approximate surface area is 209 Å². The predicted octanol–water partition coefficient (Wildman–Crippen LogP) is 6.04. The minimum atomic E-state index is -0.881. The van der Waals surface area contributed by atoms with Gasteiger partial charge in [-0.2, -0.15) is 0 Å². The van der Waals surface area contributed by atoms with E-state index >= 15 is 0 Å². The van der Waals surface area contributed by atoms with E-state index in [0.717, 1.165) is 9.80 Å². The second kappa shape index (κ2) is 12.1. The Morgan fingerprint density at radius 2 is 0.714 bits per heavy atom. The molecule has 0 saturated carbocycles. The molecule has 0 aliphatic carbocycles. The van der Waals surface area contributed by atoms with Crippen LogP contribution in [0, 0.1) is 0 Å².